The molecular formula is C17H27NO. The van der Waals surface area contributed by atoms with Crippen molar-refractivity contribution in [3.63, 3.8) is 0 Å². The third-order valence-electron chi connectivity index (χ3n) is 2.89. The summed E-state index contributed by atoms with van der Waals surface area (Å²) in [6.07, 6.45) is 1.81. The van der Waals surface area contributed by atoms with Crippen molar-refractivity contribution in [3.8, 4) is 0 Å². The van der Waals surface area contributed by atoms with Gasteiger partial charge in [0.15, 0.2) is 0 Å². The third-order valence-corrected chi connectivity index (χ3v) is 2.89. The molecule has 1 rings (SSSR count). The quantitative estimate of drug-likeness (QED) is 0.879. The summed E-state index contributed by atoms with van der Waals surface area (Å²) in [6, 6.07) is 6.15. The molecule has 2 heteroatoms. The van der Waals surface area contributed by atoms with Crippen LogP contribution >= 0.6 is 0 Å². The first-order chi connectivity index (χ1) is 8.48. The lowest BCUT2D eigenvalue weighted by atomic mass is 9.83. The summed E-state index contributed by atoms with van der Waals surface area (Å²) in [5.74, 6) is -0.324. The topological polar surface area (TPSA) is 43.1 Å². The van der Waals surface area contributed by atoms with Gasteiger partial charge in [0, 0.05) is 5.56 Å². The van der Waals surface area contributed by atoms with E-state index in [0.29, 0.717) is 5.56 Å². The molecule has 0 fully saturated rings. The second-order valence-corrected chi connectivity index (χ2v) is 7.83. The monoisotopic (exact) mass is 261 g/mol. The lowest BCUT2D eigenvalue weighted by Gasteiger charge is -2.22. The van der Waals surface area contributed by atoms with E-state index in [2.05, 4.69) is 53.7 Å². The zero-order valence-electron chi connectivity index (χ0n) is 13.1. The zero-order valence-corrected chi connectivity index (χ0v) is 13.1. The molecule has 0 spiro atoms. The third kappa shape index (κ3) is 5.46. The molecule has 2 nitrogen and oxygen atoms in total. The van der Waals surface area contributed by atoms with Gasteiger partial charge in [-0.15, -0.1) is 0 Å². The van der Waals surface area contributed by atoms with Crippen LogP contribution in [-0.4, -0.2) is 5.91 Å². The van der Waals surface area contributed by atoms with Gasteiger partial charge < -0.3 is 5.73 Å². The van der Waals surface area contributed by atoms with Crippen molar-refractivity contribution in [1.82, 2.24) is 0 Å². The van der Waals surface area contributed by atoms with E-state index in [1.54, 1.807) is 0 Å². The SMILES string of the molecule is CC(C)(C)Cc1ccc(CC(C)(C)C)c(C(N)=O)c1. The predicted octanol–water partition coefficient (Wildman–Crippen LogP) is 3.96. The first-order valence-corrected chi connectivity index (χ1v) is 6.90. The van der Waals surface area contributed by atoms with E-state index >= 15 is 0 Å². The van der Waals surface area contributed by atoms with Crippen molar-refractivity contribution in [2.24, 2.45) is 16.6 Å². The largest absolute Gasteiger partial charge is 0.366 e. The molecule has 0 unspecified atom stereocenters. The molecule has 0 bridgehead atoms. The Labute approximate surface area is 117 Å². The van der Waals surface area contributed by atoms with Gasteiger partial charge in [0.05, 0.1) is 0 Å². The number of carbonyl (C=O) groups is 1. The lowest BCUT2D eigenvalue weighted by Crippen LogP contribution is -2.19. The van der Waals surface area contributed by atoms with Crippen molar-refractivity contribution < 1.29 is 4.79 Å². The van der Waals surface area contributed by atoms with Crippen LogP contribution in [0.4, 0.5) is 0 Å². The number of rotatable bonds is 3. The van der Waals surface area contributed by atoms with E-state index in [1.807, 2.05) is 6.07 Å². The Morgan fingerprint density at radius 3 is 1.95 bits per heavy atom. The minimum atomic E-state index is -0.324. The summed E-state index contributed by atoms with van der Waals surface area (Å²) in [6.45, 7) is 13.1. The first kappa shape index (κ1) is 15.7. The van der Waals surface area contributed by atoms with Gasteiger partial charge in [-0.3, -0.25) is 4.79 Å². The molecule has 2 N–H and O–H groups in total. The van der Waals surface area contributed by atoms with Crippen LogP contribution in [0.15, 0.2) is 18.2 Å². The van der Waals surface area contributed by atoms with Crippen molar-refractivity contribution in [2.75, 3.05) is 0 Å². The molecule has 1 aromatic carbocycles. The highest BCUT2D eigenvalue weighted by Gasteiger charge is 2.18. The van der Waals surface area contributed by atoms with Gasteiger partial charge in [0.25, 0.3) is 0 Å². The lowest BCUT2D eigenvalue weighted by molar-refractivity contribution is 0.0999. The number of primary amides is 1. The van der Waals surface area contributed by atoms with Crippen LogP contribution in [0, 0.1) is 10.8 Å². The van der Waals surface area contributed by atoms with Gasteiger partial charge in [0.1, 0.15) is 0 Å². The van der Waals surface area contributed by atoms with Crippen LogP contribution in [-0.2, 0) is 12.8 Å². The van der Waals surface area contributed by atoms with Crippen LogP contribution in [0.5, 0.6) is 0 Å². The van der Waals surface area contributed by atoms with Crippen LogP contribution in [0.25, 0.3) is 0 Å². The Kier molecular flexibility index (Phi) is 4.44. The highest BCUT2D eigenvalue weighted by Crippen LogP contribution is 2.26. The molecule has 0 aliphatic heterocycles. The van der Waals surface area contributed by atoms with Crippen LogP contribution < -0.4 is 5.73 Å². The highest BCUT2D eigenvalue weighted by molar-refractivity contribution is 5.94. The van der Waals surface area contributed by atoms with Gasteiger partial charge in [-0.05, 0) is 40.9 Å². The van der Waals surface area contributed by atoms with Crippen molar-refractivity contribution in [1.29, 1.82) is 0 Å². The van der Waals surface area contributed by atoms with Crippen LogP contribution in [0.1, 0.15) is 63.0 Å². The Balaban J connectivity index is 3.12. The zero-order chi connectivity index (χ0) is 14.8. The molecule has 106 valence electrons. The summed E-state index contributed by atoms with van der Waals surface area (Å²) < 4.78 is 0. The number of benzene rings is 1. The number of hydrogen-bond acceptors (Lipinski definition) is 1. The van der Waals surface area contributed by atoms with Crippen molar-refractivity contribution in [3.05, 3.63) is 34.9 Å². The highest BCUT2D eigenvalue weighted by atomic mass is 16.1. The Bertz CT molecular complexity index is 461. The van der Waals surface area contributed by atoms with Crippen LogP contribution in [0.3, 0.4) is 0 Å². The van der Waals surface area contributed by atoms with Crippen molar-refractivity contribution in [2.45, 2.75) is 54.4 Å². The summed E-state index contributed by atoms with van der Waals surface area (Å²) in [5, 5.41) is 0. The maximum absolute atomic E-state index is 11.6. The standard InChI is InChI=1S/C17H27NO/c1-16(2,3)10-12-7-8-13(11-17(4,5)6)14(9-12)15(18)19/h7-9H,10-11H2,1-6H3,(H2,18,19). The van der Waals surface area contributed by atoms with Crippen LogP contribution in [0.2, 0.25) is 0 Å². The molecule has 0 aliphatic rings. The molecule has 19 heavy (non-hydrogen) atoms. The molecule has 0 radical (unpaired) electrons. The minimum absolute atomic E-state index is 0.149. The van der Waals surface area contributed by atoms with Gasteiger partial charge in [-0.25, -0.2) is 0 Å². The van der Waals surface area contributed by atoms with E-state index < -0.39 is 0 Å². The summed E-state index contributed by atoms with van der Waals surface area (Å²) >= 11 is 0. The summed E-state index contributed by atoms with van der Waals surface area (Å²) in [5.41, 5.74) is 8.79. The Morgan fingerprint density at radius 2 is 1.53 bits per heavy atom. The van der Waals surface area contributed by atoms with E-state index in [-0.39, 0.29) is 16.7 Å². The summed E-state index contributed by atoms with van der Waals surface area (Å²) in [7, 11) is 0. The Morgan fingerprint density at radius 1 is 1.00 bits per heavy atom. The van der Waals surface area contributed by atoms with E-state index in [4.69, 9.17) is 5.73 Å². The average molecular weight is 261 g/mol. The number of hydrogen-bond donors (Lipinski definition) is 1. The minimum Gasteiger partial charge on any atom is -0.366 e. The number of amides is 1. The number of nitrogens with two attached hydrogens (primary N) is 1. The second kappa shape index (κ2) is 5.36. The molecule has 0 aliphatic carbocycles. The Hall–Kier alpha value is -1.31. The maximum Gasteiger partial charge on any atom is 0.248 e. The molecule has 0 aromatic heterocycles. The smallest absolute Gasteiger partial charge is 0.248 e. The normalized spacial score (nSPS) is 12.5. The molecule has 0 atom stereocenters. The predicted molar refractivity (Wildman–Crippen MR) is 81.3 cm³/mol. The fourth-order valence-electron chi connectivity index (χ4n) is 2.30. The van der Waals surface area contributed by atoms with Crippen molar-refractivity contribution >= 4 is 5.91 Å². The molecule has 1 amide bonds. The van der Waals surface area contributed by atoms with E-state index in [9.17, 15) is 4.79 Å². The van der Waals surface area contributed by atoms with E-state index in [1.165, 1.54) is 5.56 Å². The fraction of sp³-hybridized carbons (Fsp3) is 0.588. The van der Waals surface area contributed by atoms with Gasteiger partial charge in [-0.2, -0.15) is 0 Å². The molecule has 1 aromatic rings. The maximum atomic E-state index is 11.6. The van der Waals surface area contributed by atoms with Gasteiger partial charge in [0.2, 0.25) is 5.91 Å². The fourth-order valence-corrected chi connectivity index (χ4v) is 2.30. The average Bonchev–Trinajstić information content (AvgIpc) is 2.15. The molecule has 0 saturated carbocycles. The second-order valence-electron chi connectivity index (χ2n) is 7.83. The molecule has 0 saturated heterocycles. The number of carbonyl (C=O) groups excluding carboxylic acids is 1. The first-order valence-electron chi connectivity index (χ1n) is 6.90. The molecule has 0 heterocycles. The van der Waals surface area contributed by atoms with E-state index in [0.717, 1.165) is 18.4 Å². The summed E-state index contributed by atoms with van der Waals surface area (Å²) in [4.78, 5) is 11.6. The molecular weight excluding hydrogens is 234 g/mol. The van der Waals surface area contributed by atoms with Gasteiger partial charge in [-0.1, -0.05) is 53.7 Å². The van der Waals surface area contributed by atoms with Gasteiger partial charge >= 0.3 is 0 Å².